The largest absolute Gasteiger partial charge is 0.387 e. The van der Waals surface area contributed by atoms with Gasteiger partial charge in [-0.25, -0.2) is 19.9 Å². The molecule has 4 aromatic heterocycles. The highest BCUT2D eigenvalue weighted by atomic mass is 79.9. The fourth-order valence-corrected chi connectivity index (χ4v) is 7.20. The molecule has 66 heavy (non-hydrogen) atoms. The minimum Gasteiger partial charge on any atom is -0.387 e. The van der Waals surface area contributed by atoms with Gasteiger partial charge < -0.3 is 44.4 Å². The summed E-state index contributed by atoms with van der Waals surface area (Å²) >= 11 is 3.40. The Morgan fingerprint density at radius 2 is 0.970 bits per heavy atom. The van der Waals surface area contributed by atoms with Gasteiger partial charge in [-0.15, -0.1) is 0 Å². The fourth-order valence-electron chi connectivity index (χ4n) is 6.66. The molecule has 4 heterocycles. The van der Waals surface area contributed by atoms with Crippen molar-refractivity contribution in [3.05, 3.63) is 138 Å². The Balaban J connectivity index is 0.000000146. The monoisotopic (exact) mass is 959 g/mol. The molecule has 0 radical (unpaired) electrons. The second-order valence-corrected chi connectivity index (χ2v) is 17.3. The third-order valence-electron chi connectivity index (χ3n) is 10.8. The molecule has 4 aromatic carbocycles. The van der Waals surface area contributed by atoms with Crippen LogP contribution in [0.5, 0.6) is 0 Å². The first kappa shape index (κ1) is 48.5. The van der Waals surface area contributed by atoms with Crippen molar-refractivity contribution in [3.8, 4) is 0 Å². The molecule has 0 atom stereocenters. The van der Waals surface area contributed by atoms with E-state index in [9.17, 15) is 19.2 Å². The maximum absolute atomic E-state index is 11.8. The van der Waals surface area contributed by atoms with Crippen LogP contribution in [0.1, 0.15) is 26.2 Å². The van der Waals surface area contributed by atoms with Crippen LogP contribution in [0.4, 0.5) is 22.7 Å². The maximum Gasteiger partial charge on any atom is 0.260 e. The van der Waals surface area contributed by atoms with Gasteiger partial charge >= 0.3 is 0 Å². The van der Waals surface area contributed by atoms with Gasteiger partial charge in [-0.05, 0) is 122 Å². The van der Waals surface area contributed by atoms with Crippen molar-refractivity contribution >= 4 is 82.3 Å². The Morgan fingerprint density at radius 1 is 0.576 bits per heavy atom. The van der Waals surface area contributed by atoms with Gasteiger partial charge in [0.15, 0.2) is 0 Å². The number of hydrogen-bond donors (Lipinski definition) is 4. The van der Waals surface area contributed by atoms with E-state index in [0.29, 0.717) is 27.1 Å². The molecule has 0 aliphatic heterocycles. The second-order valence-electron chi connectivity index (χ2n) is 16.4. The van der Waals surface area contributed by atoms with Gasteiger partial charge in [0, 0.05) is 83.0 Å². The van der Waals surface area contributed by atoms with Crippen LogP contribution in [0.15, 0.2) is 116 Å². The van der Waals surface area contributed by atoms with Crippen molar-refractivity contribution in [1.29, 1.82) is 0 Å². The third-order valence-corrected chi connectivity index (χ3v) is 11.4. The average molecular weight is 961 g/mol. The van der Waals surface area contributed by atoms with Crippen molar-refractivity contribution in [2.75, 3.05) is 68.6 Å². The van der Waals surface area contributed by atoms with Gasteiger partial charge in [-0.1, -0.05) is 6.92 Å². The van der Waals surface area contributed by atoms with Crippen LogP contribution in [0.3, 0.4) is 0 Å². The van der Waals surface area contributed by atoms with E-state index in [1.54, 1.807) is 53.2 Å². The number of fused-ring (bicyclic) bond motifs is 4. The molecule has 0 spiro atoms. The Hall–Kier alpha value is -6.92. The summed E-state index contributed by atoms with van der Waals surface area (Å²) in [6.45, 7) is 5.89. The molecule has 4 N–H and O–H groups in total. The Bertz CT molecular complexity index is 3210. The molecular formula is C48H58BrN13O4. The third kappa shape index (κ3) is 12.4. The van der Waals surface area contributed by atoms with Crippen LogP contribution in [0, 0.1) is 5.92 Å². The lowest BCUT2D eigenvalue weighted by Crippen LogP contribution is -2.21. The van der Waals surface area contributed by atoms with Gasteiger partial charge in [0.25, 0.3) is 22.2 Å². The number of nitrogens with zero attached hydrogens (tertiary/aromatic N) is 9. The summed E-state index contributed by atoms with van der Waals surface area (Å²) in [6.07, 6.45) is 9.93. The van der Waals surface area contributed by atoms with Crippen molar-refractivity contribution in [3.63, 3.8) is 0 Å². The van der Waals surface area contributed by atoms with Crippen molar-refractivity contribution < 1.29 is 0 Å². The fraction of sp³-hybridized carbons (Fsp3) is 0.333. The summed E-state index contributed by atoms with van der Waals surface area (Å²) in [7, 11) is 12.7. The minimum atomic E-state index is -0.0386. The summed E-state index contributed by atoms with van der Waals surface area (Å²) in [4.78, 5) is 66.2. The molecule has 0 amide bonds. The van der Waals surface area contributed by atoms with Crippen molar-refractivity contribution in [2.24, 2.45) is 34.1 Å². The van der Waals surface area contributed by atoms with Crippen LogP contribution < -0.4 is 43.5 Å². The van der Waals surface area contributed by atoms with Crippen LogP contribution in [0.2, 0.25) is 0 Å². The van der Waals surface area contributed by atoms with Crippen molar-refractivity contribution in [1.82, 2.24) is 43.1 Å². The van der Waals surface area contributed by atoms with E-state index >= 15 is 0 Å². The highest BCUT2D eigenvalue weighted by Gasteiger charge is 2.20. The van der Waals surface area contributed by atoms with Crippen LogP contribution >= 0.6 is 15.9 Å². The number of anilines is 4. The topological polar surface area (TPSA) is 191 Å². The molecule has 18 heteroatoms. The predicted octanol–water partition coefficient (Wildman–Crippen LogP) is 6.16. The molecule has 0 saturated heterocycles. The van der Waals surface area contributed by atoms with E-state index in [0.717, 1.165) is 82.3 Å². The smallest absolute Gasteiger partial charge is 0.260 e. The lowest BCUT2D eigenvalue weighted by Gasteiger charge is -2.11. The van der Waals surface area contributed by atoms with E-state index in [4.69, 9.17) is 0 Å². The van der Waals surface area contributed by atoms with E-state index in [-0.39, 0.29) is 22.2 Å². The standard InChI is InChI=1S/C13H18N4O.C13H15N3O.C12H15N3O.C10H10BrN3O/c1-16(2)7-6-14-10-4-5-11-12(8-10)15-9-17(3)13(11)18;1-16-8-15-12-6-10(14-7-9-2-3-9)4-5-11(12)13(16)17;1-3-6-13-9-4-5-10-11(7-9)14-8-15(2)12(10)16;1-12-9-4-8-6(3-7(9)11)10(15)14(2)5-13-8/h4-5,8-9,14H,6-7H2,1-3H3;4-6,8-9,14H,2-3,7H2,1H3;4-5,7-8,13H,3,6H2,1-2H3;3-5,12H,1-2H3. The quantitative estimate of drug-likeness (QED) is 0.116. The lowest BCUT2D eigenvalue weighted by molar-refractivity contribution is 0.425. The SMILES string of the molecule is CCCNc1ccc2c(=O)n(C)cnc2c1.CN(C)CCNc1ccc2c(=O)n(C)cnc2c1.CNc1cc2ncn(C)c(=O)c2cc1Br.Cn1cnc2cc(NCC3CC3)ccc2c1=O. The Kier molecular flexibility index (Phi) is 16.4. The Morgan fingerprint density at radius 3 is 1.36 bits per heavy atom. The average Bonchev–Trinajstić information content (AvgIpc) is 4.15. The minimum absolute atomic E-state index is 0.00347. The first-order valence-electron chi connectivity index (χ1n) is 21.7. The molecule has 0 bridgehead atoms. The second kappa shape index (κ2) is 22.3. The first-order valence-corrected chi connectivity index (χ1v) is 22.5. The molecule has 9 rings (SSSR count). The number of rotatable bonds is 11. The number of likely N-dealkylation sites (N-methyl/N-ethyl adjacent to an activating group) is 1. The number of aromatic nitrogens is 8. The molecule has 0 unspecified atom stereocenters. The molecule has 1 saturated carbocycles. The van der Waals surface area contributed by atoms with E-state index in [1.165, 1.54) is 37.4 Å². The van der Waals surface area contributed by atoms with E-state index < -0.39 is 0 Å². The highest BCUT2D eigenvalue weighted by molar-refractivity contribution is 9.10. The molecule has 1 aliphatic carbocycles. The van der Waals surface area contributed by atoms with Crippen molar-refractivity contribution in [2.45, 2.75) is 26.2 Å². The number of halogens is 1. The zero-order chi connectivity index (χ0) is 47.5. The van der Waals surface area contributed by atoms with Gasteiger partial charge in [0.05, 0.1) is 74.6 Å². The zero-order valence-corrected chi connectivity index (χ0v) is 40.3. The van der Waals surface area contributed by atoms with Gasteiger partial charge in [-0.2, -0.15) is 0 Å². The number of nitrogens with one attached hydrogen (secondary N) is 4. The summed E-state index contributed by atoms with van der Waals surface area (Å²) < 4.78 is 6.80. The molecule has 1 aliphatic rings. The number of aryl methyl sites for hydroxylation is 4. The van der Waals surface area contributed by atoms with Crippen LogP contribution in [-0.2, 0) is 28.2 Å². The summed E-state index contributed by atoms with van der Waals surface area (Å²) in [6, 6.07) is 20.7. The molecule has 346 valence electrons. The highest BCUT2D eigenvalue weighted by Crippen LogP contribution is 2.29. The van der Waals surface area contributed by atoms with Crippen LogP contribution in [0.25, 0.3) is 43.6 Å². The normalized spacial score (nSPS) is 11.9. The lowest BCUT2D eigenvalue weighted by atomic mass is 10.2. The maximum atomic E-state index is 11.8. The first-order chi connectivity index (χ1) is 31.7. The predicted molar refractivity (Wildman–Crippen MR) is 272 cm³/mol. The van der Waals surface area contributed by atoms with Gasteiger partial charge in [0.2, 0.25) is 0 Å². The van der Waals surface area contributed by atoms with Crippen LogP contribution in [-0.4, -0.2) is 90.4 Å². The molecular weight excluding hydrogens is 903 g/mol. The summed E-state index contributed by atoms with van der Waals surface area (Å²) in [5, 5.41) is 15.6. The van der Waals surface area contributed by atoms with Gasteiger partial charge in [-0.3, -0.25) is 19.2 Å². The summed E-state index contributed by atoms with van der Waals surface area (Å²) in [5.74, 6) is 0.835. The molecule has 17 nitrogen and oxygen atoms in total. The Labute approximate surface area is 390 Å². The van der Waals surface area contributed by atoms with Gasteiger partial charge in [0.1, 0.15) is 0 Å². The summed E-state index contributed by atoms with van der Waals surface area (Å²) in [5.41, 5.74) is 6.84. The number of benzene rings is 4. The molecule has 8 aromatic rings. The number of hydrogen-bond acceptors (Lipinski definition) is 13. The zero-order valence-electron chi connectivity index (χ0n) is 38.7. The molecule has 1 fully saturated rings. The van der Waals surface area contributed by atoms with E-state index in [2.05, 4.69) is 69.0 Å². The van der Waals surface area contributed by atoms with E-state index in [1.807, 2.05) is 81.8 Å².